The van der Waals surface area contributed by atoms with Gasteiger partial charge >= 0.3 is 29.8 Å². The molecule has 0 aliphatic heterocycles. The number of hydrogen-bond donors (Lipinski definition) is 6. The van der Waals surface area contributed by atoms with Crippen LogP contribution in [0.15, 0.2) is 24.3 Å². The van der Waals surface area contributed by atoms with Crippen LogP contribution in [0.1, 0.15) is 12.5 Å². The maximum Gasteiger partial charge on any atom is 0.328 e. The van der Waals surface area contributed by atoms with E-state index in [0.717, 1.165) is 4.90 Å². The molecule has 0 radical (unpaired) electrons. The van der Waals surface area contributed by atoms with E-state index < -0.39 is 61.6 Å². The molecule has 0 fully saturated rings. The highest BCUT2D eigenvalue weighted by molar-refractivity contribution is 5.86. The molecule has 0 heterocycles. The Bertz CT molecular complexity index is 926. The number of rotatable bonds is 17. The molecule has 0 amide bonds. The van der Waals surface area contributed by atoms with Crippen LogP contribution in [0.25, 0.3) is 0 Å². The average Bonchev–Trinajstić information content (AvgIpc) is 2.72. The molecule has 0 bridgehead atoms. The minimum Gasteiger partial charge on any atom is -0.480 e. The molecule has 0 aliphatic rings. The summed E-state index contributed by atoms with van der Waals surface area (Å²) in [5, 5.41) is 46.6. The van der Waals surface area contributed by atoms with Crippen molar-refractivity contribution >= 4 is 85.2 Å². The summed E-state index contributed by atoms with van der Waals surface area (Å²) in [7, 11) is 0. The molecule has 0 saturated heterocycles. The van der Waals surface area contributed by atoms with Gasteiger partial charge in [0.25, 0.3) is 0 Å². The van der Waals surface area contributed by atoms with Crippen molar-refractivity contribution in [2.24, 2.45) is 0 Å². The summed E-state index contributed by atoms with van der Waals surface area (Å²) in [6.07, 6.45) is 0. The van der Waals surface area contributed by atoms with E-state index in [2.05, 4.69) is 0 Å². The Labute approximate surface area is 249 Å². The van der Waals surface area contributed by atoms with Gasteiger partial charge in [0.15, 0.2) is 0 Å². The van der Waals surface area contributed by atoms with E-state index in [1.54, 1.807) is 0 Å². The fourth-order valence-electron chi connectivity index (χ4n) is 3.48. The number of nitrogens with two attached hydrogens (primary N) is 1. The van der Waals surface area contributed by atoms with E-state index in [-0.39, 0.29) is 81.4 Å². The topological polar surface area (TPSA) is 222 Å². The van der Waals surface area contributed by atoms with E-state index in [4.69, 9.17) is 15.9 Å². The van der Waals surface area contributed by atoms with E-state index >= 15 is 0 Å². The van der Waals surface area contributed by atoms with Gasteiger partial charge in [0.1, 0.15) is 5.54 Å². The molecule has 1 aromatic carbocycles. The Morgan fingerprint density at radius 2 is 1.00 bits per heavy atom. The summed E-state index contributed by atoms with van der Waals surface area (Å²) in [6.45, 7) is -1.43. The van der Waals surface area contributed by atoms with Crippen LogP contribution >= 0.6 is 49.6 Å². The average molecular weight is 644 g/mol. The van der Waals surface area contributed by atoms with Gasteiger partial charge in [-0.05, 0) is 24.6 Å². The molecule has 226 valence electrons. The van der Waals surface area contributed by atoms with Crippen LogP contribution in [-0.2, 0) is 29.5 Å². The van der Waals surface area contributed by atoms with Crippen molar-refractivity contribution < 1.29 is 49.5 Å². The molecule has 0 aromatic heterocycles. The smallest absolute Gasteiger partial charge is 0.328 e. The highest BCUT2D eigenvalue weighted by Gasteiger charge is 2.42. The third kappa shape index (κ3) is 15.0. The Kier molecular flexibility index (Phi) is 22.7. The molecule has 39 heavy (non-hydrogen) atoms. The van der Waals surface area contributed by atoms with Crippen molar-refractivity contribution in [3.8, 4) is 0 Å². The van der Waals surface area contributed by atoms with E-state index in [1.165, 1.54) is 41.0 Å². The molecular formula is C21H34Cl4N4O10. The molecule has 0 spiro atoms. The highest BCUT2D eigenvalue weighted by Crippen LogP contribution is 2.29. The maximum atomic E-state index is 12.3. The number of carboxylic acid groups (broad SMARTS) is 5. The Hall–Kier alpha value is -2.59. The standard InChI is InChI=1S/C21H30N4O10.4ClH/c1-21(20(34)35,14-2-4-15(22)5-3-14)25(13-19(32)33)9-8-23(10-16(26)27)6-7-24(11-17(28)29)12-18(30)31;;;;/h2-5H,6-13,22H2,1H3,(H,26,27)(H,28,29)(H,30,31)(H,32,33)(H,34,35);4*1H/t21-;;;;/m1..../s1. The summed E-state index contributed by atoms with van der Waals surface area (Å²) >= 11 is 0. The number of benzene rings is 1. The van der Waals surface area contributed by atoms with Gasteiger partial charge in [0.05, 0.1) is 26.2 Å². The first kappa shape index (κ1) is 43.5. The number of anilines is 1. The number of aliphatic carboxylic acids is 5. The maximum absolute atomic E-state index is 12.3. The summed E-state index contributed by atoms with van der Waals surface area (Å²) in [4.78, 5) is 60.7. The minimum absolute atomic E-state index is 0. The molecule has 14 nitrogen and oxygen atoms in total. The van der Waals surface area contributed by atoms with Crippen molar-refractivity contribution in [2.75, 3.05) is 58.1 Å². The lowest BCUT2D eigenvalue weighted by molar-refractivity contribution is -0.155. The molecule has 0 unspecified atom stereocenters. The van der Waals surface area contributed by atoms with Gasteiger partial charge in [-0.3, -0.25) is 33.9 Å². The molecule has 1 aromatic rings. The van der Waals surface area contributed by atoms with E-state index in [0.29, 0.717) is 5.69 Å². The zero-order valence-electron chi connectivity index (χ0n) is 20.8. The second kappa shape index (κ2) is 20.3. The first-order chi connectivity index (χ1) is 16.2. The predicted molar refractivity (Wildman–Crippen MR) is 150 cm³/mol. The van der Waals surface area contributed by atoms with Crippen molar-refractivity contribution in [1.82, 2.24) is 14.7 Å². The second-order valence-electron chi connectivity index (χ2n) is 7.98. The van der Waals surface area contributed by atoms with Gasteiger partial charge in [-0.2, -0.15) is 0 Å². The minimum atomic E-state index is -1.79. The monoisotopic (exact) mass is 642 g/mol. The number of carboxylic acids is 5. The number of nitrogen functional groups attached to an aromatic ring is 1. The van der Waals surface area contributed by atoms with E-state index in [9.17, 15) is 39.3 Å². The zero-order valence-corrected chi connectivity index (χ0v) is 24.1. The Morgan fingerprint density at radius 3 is 1.38 bits per heavy atom. The number of hydrogen-bond acceptors (Lipinski definition) is 9. The summed E-state index contributed by atoms with van der Waals surface area (Å²) in [5.41, 5.74) is 4.52. The van der Waals surface area contributed by atoms with Crippen molar-refractivity contribution in [3.05, 3.63) is 29.8 Å². The van der Waals surface area contributed by atoms with Crippen LogP contribution in [0.4, 0.5) is 5.69 Å². The normalized spacial score (nSPS) is 11.7. The highest BCUT2D eigenvalue weighted by atomic mass is 35.5. The first-order valence-electron chi connectivity index (χ1n) is 10.4. The van der Waals surface area contributed by atoms with Gasteiger partial charge < -0.3 is 31.3 Å². The fourth-order valence-corrected chi connectivity index (χ4v) is 3.48. The summed E-state index contributed by atoms with van der Waals surface area (Å²) < 4.78 is 0. The van der Waals surface area contributed by atoms with Crippen LogP contribution in [0.5, 0.6) is 0 Å². The fraction of sp³-hybridized carbons (Fsp3) is 0.476. The van der Waals surface area contributed by atoms with Crippen molar-refractivity contribution in [1.29, 1.82) is 0 Å². The molecule has 0 saturated carbocycles. The van der Waals surface area contributed by atoms with Crippen molar-refractivity contribution in [3.63, 3.8) is 0 Å². The summed E-state index contributed by atoms with van der Waals surface area (Å²) in [6, 6.07) is 5.88. The molecular weight excluding hydrogens is 610 g/mol. The third-order valence-corrected chi connectivity index (χ3v) is 5.34. The molecule has 0 aliphatic carbocycles. The molecule has 1 rings (SSSR count). The largest absolute Gasteiger partial charge is 0.480 e. The van der Waals surface area contributed by atoms with Gasteiger partial charge in [-0.1, -0.05) is 12.1 Å². The van der Waals surface area contributed by atoms with Crippen LogP contribution < -0.4 is 5.73 Å². The number of nitrogens with zero attached hydrogens (tertiary/aromatic N) is 3. The lowest BCUT2D eigenvalue weighted by Gasteiger charge is -2.38. The van der Waals surface area contributed by atoms with Gasteiger partial charge in [0, 0.05) is 31.9 Å². The first-order valence-corrected chi connectivity index (χ1v) is 10.4. The van der Waals surface area contributed by atoms with Gasteiger partial charge in [0.2, 0.25) is 0 Å². The second-order valence-corrected chi connectivity index (χ2v) is 7.98. The lowest BCUT2D eigenvalue weighted by Crippen LogP contribution is -2.54. The number of halogens is 4. The quantitative estimate of drug-likeness (QED) is 0.127. The molecule has 1 atom stereocenters. The predicted octanol–water partition coefficient (Wildman–Crippen LogP) is 0.500. The third-order valence-electron chi connectivity index (χ3n) is 5.34. The van der Waals surface area contributed by atoms with Crippen LogP contribution in [0.3, 0.4) is 0 Å². The van der Waals surface area contributed by atoms with Crippen molar-refractivity contribution in [2.45, 2.75) is 12.5 Å². The summed E-state index contributed by atoms with van der Waals surface area (Å²) in [5.74, 6) is -6.37. The Morgan fingerprint density at radius 1 is 0.641 bits per heavy atom. The molecule has 18 heteroatoms. The SMILES string of the molecule is C[C@](C(=O)O)(c1ccc(N)cc1)N(CCN(CCN(CC(=O)O)CC(=O)O)CC(=O)O)CC(=O)O.Cl.Cl.Cl.Cl. The number of carbonyl (C=O) groups is 5. The van der Waals surface area contributed by atoms with Crippen LogP contribution in [0.2, 0.25) is 0 Å². The van der Waals surface area contributed by atoms with E-state index in [1.807, 2.05) is 0 Å². The van der Waals surface area contributed by atoms with Gasteiger partial charge in [-0.25, -0.2) is 4.79 Å². The van der Waals surface area contributed by atoms with Crippen LogP contribution in [0, 0.1) is 0 Å². The zero-order chi connectivity index (χ0) is 26.8. The van der Waals surface area contributed by atoms with Crippen LogP contribution in [-0.4, -0.2) is 122 Å². The molecule has 7 N–H and O–H groups in total. The lowest BCUT2D eigenvalue weighted by atomic mass is 9.89. The Balaban J connectivity index is -0.00000153. The van der Waals surface area contributed by atoms with Gasteiger partial charge in [-0.15, -0.1) is 49.6 Å².